The smallest absolute Gasteiger partial charge is 0.322 e. The summed E-state index contributed by atoms with van der Waals surface area (Å²) in [6, 6.07) is 4.63. The van der Waals surface area contributed by atoms with Crippen molar-refractivity contribution in [2.75, 3.05) is 31.5 Å². The molecule has 0 spiro atoms. The molecule has 134 valence electrons. The van der Waals surface area contributed by atoms with E-state index in [1.54, 1.807) is 11.0 Å². The summed E-state index contributed by atoms with van der Waals surface area (Å²) in [6.07, 6.45) is 1.39. The van der Waals surface area contributed by atoms with Gasteiger partial charge in [0.25, 0.3) is 10.0 Å². The number of hydrogen-bond acceptors (Lipinski definition) is 5. The SMILES string of the molecule is Cc1nc(NC(=O)N2CCN(S(=O)(=O)c3ccn[nH]3)CC2)ccc1Br. The molecule has 1 aliphatic rings. The number of aromatic amines is 1. The Hall–Kier alpha value is -1.98. The Bertz CT molecular complexity index is 863. The third kappa shape index (κ3) is 3.83. The lowest BCUT2D eigenvalue weighted by atomic mass is 10.3. The number of aryl methyl sites for hydroxylation is 1. The van der Waals surface area contributed by atoms with Crippen LogP contribution in [0.5, 0.6) is 0 Å². The number of nitrogens with zero attached hydrogens (tertiary/aromatic N) is 4. The molecular formula is C14H17BrN6O3S. The maximum absolute atomic E-state index is 12.4. The molecule has 9 nitrogen and oxygen atoms in total. The first-order valence-corrected chi connectivity index (χ1v) is 9.80. The van der Waals surface area contributed by atoms with Gasteiger partial charge in [-0.3, -0.25) is 10.4 Å². The lowest BCUT2D eigenvalue weighted by Gasteiger charge is -2.33. The highest BCUT2D eigenvalue weighted by atomic mass is 79.9. The zero-order valence-corrected chi connectivity index (χ0v) is 15.8. The fourth-order valence-corrected chi connectivity index (χ4v) is 4.00. The van der Waals surface area contributed by atoms with E-state index in [0.717, 1.165) is 10.2 Å². The zero-order chi connectivity index (χ0) is 18.0. The number of anilines is 1. The minimum Gasteiger partial charge on any atom is -0.322 e. The average molecular weight is 429 g/mol. The summed E-state index contributed by atoms with van der Waals surface area (Å²) < 4.78 is 27.0. The third-order valence-electron chi connectivity index (χ3n) is 3.88. The van der Waals surface area contributed by atoms with E-state index in [0.29, 0.717) is 18.9 Å². The van der Waals surface area contributed by atoms with Crippen LogP contribution in [0.3, 0.4) is 0 Å². The molecule has 1 saturated heterocycles. The predicted molar refractivity (Wildman–Crippen MR) is 94.6 cm³/mol. The van der Waals surface area contributed by atoms with E-state index in [1.807, 2.05) is 13.0 Å². The van der Waals surface area contributed by atoms with Crippen LogP contribution in [0.1, 0.15) is 5.69 Å². The van der Waals surface area contributed by atoms with Crippen molar-refractivity contribution in [3.63, 3.8) is 0 Å². The molecule has 0 unspecified atom stereocenters. The van der Waals surface area contributed by atoms with Crippen LogP contribution in [0.15, 0.2) is 33.9 Å². The number of sulfonamides is 1. The van der Waals surface area contributed by atoms with Crippen molar-refractivity contribution in [2.24, 2.45) is 0 Å². The van der Waals surface area contributed by atoms with Gasteiger partial charge in [0.05, 0.1) is 11.9 Å². The largest absolute Gasteiger partial charge is 0.323 e. The lowest BCUT2D eigenvalue weighted by Crippen LogP contribution is -2.51. The molecule has 0 bridgehead atoms. The highest BCUT2D eigenvalue weighted by Crippen LogP contribution is 2.18. The topological polar surface area (TPSA) is 111 Å². The van der Waals surface area contributed by atoms with Gasteiger partial charge in [-0.15, -0.1) is 0 Å². The number of urea groups is 1. The first-order chi connectivity index (χ1) is 11.9. The van der Waals surface area contributed by atoms with Gasteiger partial charge in [-0.2, -0.15) is 9.40 Å². The van der Waals surface area contributed by atoms with E-state index in [4.69, 9.17) is 0 Å². The van der Waals surface area contributed by atoms with Gasteiger partial charge in [0, 0.05) is 30.7 Å². The van der Waals surface area contributed by atoms with Crippen LogP contribution in [-0.2, 0) is 10.0 Å². The molecule has 2 aromatic rings. The molecule has 2 aromatic heterocycles. The number of rotatable bonds is 3. The molecule has 1 fully saturated rings. The van der Waals surface area contributed by atoms with Crippen molar-refractivity contribution >= 4 is 37.8 Å². The van der Waals surface area contributed by atoms with E-state index in [9.17, 15) is 13.2 Å². The molecule has 25 heavy (non-hydrogen) atoms. The van der Waals surface area contributed by atoms with Crippen molar-refractivity contribution in [3.8, 4) is 0 Å². The summed E-state index contributed by atoms with van der Waals surface area (Å²) in [4.78, 5) is 18.2. The van der Waals surface area contributed by atoms with E-state index in [2.05, 4.69) is 36.4 Å². The van der Waals surface area contributed by atoms with E-state index in [1.165, 1.54) is 16.6 Å². The molecule has 2 amide bonds. The minimum absolute atomic E-state index is 0.0555. The van der Waals surface area contributed by atoms with Crippen LogP contribution in [0, 0.1) is 6.92 Å². The summed E-state index contributed by atoms with van der Waals surface area (Å²) >= 11 is 3.36. The summed E-state index contributed by atoms with van der Waals surface area (Å²) in [5.41, 5.74) is 0.772. The highest BCUT2D eigenvalue weighted by molar-refractivity contribution is 9.10. The van der Waals surface area contributed by atoms with Crippen LogP contribution in [0.4, 0.5) is 10.6 Å². The Kier molecular flexibility index (Phi) is 5.06. The number of aromatic nitrogens is 3. The normalized spacial score (nSPS) is 16.0. The summed E-state index contributed by atoms with van der Waals surface area (Å²) in [5, 5.41) is 8.92. The number of carbonyl (C=O) groups is 1. The van der Waals surface area contributed by atoms with Gasteiger partial charge < -0.3 is 4.90 Å². The van der Waals surface area contributed by atoms with Crippen molar-refractivity contribution in [1.82, 2.24) is 24.4 Å². The van der Waals surface area contributed by atoms with Crippen LogP contribution in [-0.4, -0.2) is 65.0 Å². The number of halogens is 1. The van der Waals surface area contributed by atoms with Crippen LogP contribution in [0.25, 0.3) is 0 Å². The molecule has 0 radical (unpaired) electrons. The molecule has 11 heteroatoms. The van der Waals surface area contributed by atoms with Crippen LogP contribution in [0.2, 0.25) is 0 Å². The second kappa shape index (κ2) is 7.10. The lowest BCUT2D eigenvalue weighted by molar-refractivity contribution is 0.184. The number of pyridine rings is 1. The number of piperazine rings is 1. The molecule has 3 heterocycles. The summed E-state index contributed by atoms with van der Waals surface area (Å²) in [6.45, 7) is 2.88. The quantitative estimate of drug-likeness (QED) is 0.767. The highest BCUT2D eigenvalue weighted by Gasteiger charge is 2.31. The Labute approximate surface area is 153 Å². The molecule has 2 N–H and O–H groups in total. The fourth-order valence-electron chi connectivity index (χ4n) is 2.46. The molecule has 0 saturated carbocycles. The molecule has 0 aliphatic carbocycles. The fraction of sp³-hybridized carbons (Fsp3) is 0.357. The van der Waals surface area contributed by atoms with Gasteiger partial charge in [-0.25, -0.2) is 18.2 Å². The molecule has 3 rings (SSSR count). The summed E-state index contributed by atoms with van der Waals surface area (Å²) in [5.74, 6) is 0.457. The maximum atomic E-state index is 12.4. The molecular weight excluding hydrogens is 412 g/mol. The van der Waals surface area contributed by atoms with E-state index < -0.39 is 10.0 Å². The van der Waals surface area contributed by atoms with Gasteiger partial charge in [-0.1, -0.05) is 0 Å². The van der Waals surface area contributed by atoms with Gasteiger partial charge in [-0.05, 0) is 41.1 Å². The standard InChI is InChI=1S/C14H17BrN6O3S/c1-10-11(15)2-3-12(17-10)18-14(22)20-6-8-21(9-7-20)25(23,24)13-4-5-16-19-13/h2-5H,6-9H2,1H3,(H,16,19)(H,17,18,22). The number of carbonyl (C=O) groups excluding carboxylic acids is 1. The van der Waals surface area contributed by atoms with Gasteiger partial charge >= 0.3 is 6.03 Å². The molecule has 0 aromatic carbocycles. The Balaban J connectivity index is 1.60. The van der Waals surface area contributed by atoms with Crippen LogP contribution < -0.4 is 5.32 Å². The third-order valence-corrected chi connectivity index (χ3v) is 6.54. The van der Waals surface area contributed by atoms with Crippen molar-refractivity contribution < 1.29 is 13.2 Å². The number of nitrogens with one attached hydrogen (secondary N) is 2. The first-order valence-electron chi connectivity index (χ1n) is 7.56. The Morgan fingerprint density at radius 3 is 2.56 bits per heavy atom. The Morgan fingerprint density at radius 2 is 1.96 bits per heavy atom. The van der Waals surface area contributed by atoms with Crippen molar-refractivity contribution in [2.45, 2.75) is 11.9 Å². The average Bonchev–Trinajstić information content (AvgIpc) is 3.14. The zero-order valence-electron chi connectivity index (χ0n) is 13.4. The monoisotopic (exact) mass is 428 g/mol. The van der Waals surface area contributed by atoms with Crippen LogP contribution >= 0.6 is 15.9 Å². The minimum atomic E-state index is -3.60. The first kappa shape index (κ1) is 17.8. The van der Waals surface area contributed by atoms with E-state index >= 15 is 0 Å². The number of hydrogen-bond donors (Lipinski definition) is 2. The van der Waals surface area contributed by atoms with Gasteiger partial charge in [0.2, 0.25) is 0 Å². The van der Waals surface area contributed by atoms with Gasteiger partial charge in [0.15, 0.2) is 5.03 Å². The van der Waals surface area contributed by atoms with Crippen molar-refractivity contribution in [3.05, 3.63) is 34.6 Å². The Morgan fingerprint density at radius 1 is 1.24 bits per heavy atom. The second-order valence-corrected chi connectivity index (χ2v) is 8.27. The molecule has 1 aliphatic heterocycles. The molecule has 0 atom stereocenters. The number of H-pyrrole nitrogens is 1. The van der Waals surface area contributed by atoms with E-state index in [-0.39, 0.29) is 24.1 Å². The van der Waals surface area contributed by atoms with Gasteiger partial charge in [0.1, 0.15) is 5.82 Å². The maximum Gasteiger partial charge on any atom is 0.323 e. The second-order valence-electron chi connectivity index (χ2n) is 5.51. The predicted octanol–water partition coefficient (Wildman–Crippen LogP) is 1.41. The van der Waals surface area contributed by atoms with Crippen molar-refractivity contribution in [1.29, 1.82) is 0 Å². The number of amides is 2. The summed E-state index contributed by atoms with van der Waals surface area (Å²) in [7, 11) is -3.60.